The summed E-state index contributed by atoms with van der Waals surface area (Å²) < 4.78 is 0. The molecule has 0 aliphatic heterocycles. The first-order valence-electron chi connectivity index (χ1n) is 3.36. The van der Waals surface area contributed by atoms with Crippen LogP contribution >= 0.6 is 0 Å². The highest BCUT2D eigenvalue weighted by atomic mass is 16.7. The van der Waals surface area contributed by atoms with Gasteiger partial charge in [-0.1, -0.05) is 0 Å². The lowest BCUT2D eigenvalue weighted by atomic mass is 10.4. The second kappa shape index (κ2) is 5.26. The maximum absolute atomic E-state index is 8.43. The maximum Gasteiger partial charge on any atom is 0.0797 e. The van der Waals surface area contributed by atoms with Crippen LogP contribution in [-0.4, -0.2) is 17.8 Å². The average molecular weight is 145 g/mol. The normalized spacial score (nSPS) is 12.3. The molecule has 0 atom stereocenters. The Hall–Kier alpha value is -0.540. The zero-order valence-corrected chi connectivity index (χ0v) is 6.72. The van der Waals surface area contributed by atoms with Crippen molar-refractivity contribution in [2.24, 2.45) is 0 Å². The summed E-state index contributed by atoms with van der Waals surface area (Å²) in [6, 6.07) is 0. The van der Waals surface area contributed by atoms with E-state index in [2.05, 4.69) is 5.48 Å². The second-order valence-corrected chi connectivity index (χ2v) is 2.34. The predicted molar refractivity (Wildman–Crippen MR) is 40.2 cm³/mol. The molecule has 3 nitrogen and oxygen atoms in total. The van der Waals surface area contributed by atoms with E-state index in [1.807, 2.05) is 20.8 Å². The Morgan fingerprint density at radius 1 is 1.70 bits per heavy atom. The number of rotatable bonds is 4. The first-order valence-corrected chi connectivity index (χ1v) is 3.36. The molecule has 3 heteroatoms. The highest BCUT2D eigenvalue weighted by Crippen LogP contribution is 1.88. The molecule has 0 bridgehead atoms. The minimum absolute atomic E-state index is 0.0420. The zero-order chi connectivity index (χ0) is 7.98. The van der Waals surface area contributed by atoms with Crippen molar-refractivity contribution >= 4 is 0 Å². The van der Waals surface area contributed by atoms with Crippen molar-refractivity contribution in [3.63, 3.8) is 0 Å². The summed E-state index contributed by atoms with van der Waals surface area (Å²) in [6.45, 7) is 5.73. The van der Waals surface area contributed by atoms with Crippen LogP contribution in [0.1, 0.15) is 20.8 Å². The summed E-state index contributed by atoms with van der Waals surface area (Å²) in [4.78, 5) is 5.03. The molecule has 0 amide bonds. The molecule has 0 aliphatic carbocycles. The molecule has 0 radical (unpaired) electrons. The van der Waals surface area contributed by atoms with Gasteiger partial charge >= 0.3 is 0 Å². The van der Waals surface area contributed by atoms with Crippen molar-refractivity contribution in [2.45, 2.75) is 26.9 Å². The van der Waals surface area contributed by atoms with E-state index in [4.69, 9.17) is 9.94 Å². The first kappa shape index (κ1) is 9.46. The average Bonchev–Trinajstić information content (AvgIpc) is 1.85. The molecular weight excluding hydrogens is 130 g/mol. The number of aliphatic hydroxyl groups is 1. The lowest BCUT2D eigenvalue weighted by Gasteiger charge is -2.08. The topological polar surface area (TPSA) is 41.5 Å². The summed E-state index contributed by atoms with van der Waals surface area (Å²) in [6.07, 6.45) is 1.80. The van der Waals surface area contributed by atoms with E-state index in [0.29, 0.717) is 0 Å². The number of allylic oxidation sites excluding steroid dienone is 1. The Morgan fingerprint density at radius 3 is 2.70 bits per heavy atom. The van der Waals surface area contributed by atoms with Crippen molar-refractivity contribution in [2.75, 3.05) is 6.61 Å². The van der Waals surface area contributed by atoms with Gasteiger partial charge in [0.1, 0.15) is 0 Å². The molecule has 0 aromatic heterocycles. The fourth-order valence-corrected chi connectivity index (χ4v) is 0.389. The van der Waals surface area contributed by atoms with Crippen LogP contribution in [0, 0.1) is 0 Å². The summed E-state index contributed by atoms with van der Waals surface area (Å²) in [5.74, 6) is 0. The minimum atomic E-state index is 0.0420. The number of nitrogens with one attached hydrogen (secondary N) is 1. The van der Waals surface area contributed by atoms with Crippen LogP contribution in [0.5, 0.6) is 0 Å². The first-order chi connectivity index (χ1) is 4.66. The quantitative estimate of drug-likeness (QED) is 0.575. The molecule has 60 valence electrons. The smallest absolute Gasteiger partial charge is 0.0797 e. The second-order valence-electron chi connectivity index (χ2n) is 2.34. The van der Waals surface area contributed by atoms with E-state index in [-0.39, 0.29) is 12.7 Å². The van der Waals surface area contributed by atoms with Gasteiger partial charge in [0.25, 0.3) is 0 Å². The minimum Gasteiger partial charge on any atom is -0.392 e. The van der Waals surface area contributed by atoms with Crippen LogP contribution in [0.15, 0.2) is 11.8 Å². The van der Waals surface area contributed by atoms with Crippen LogP contribution in [-0.2, 0) is 4.84 Å². The molecule has 0 rings (SSSR count). The Balaban J connectivity index is 3.39. The van der Waals surface area contributed by atoms with E-state index < -0.39 is 0 Å². The number of aliphatic hydroxyl groups excluding tert-OH is 1. The third-order valence-electron chi connectivity index (χ3n) is 0.853. The summed E-state index contributed by atoms with van der Waals surface area (Å²) >= 11 is 0. The highest BCUT2D eigenvalue weighted by Gasteiger charge is 1.91. The van der Waals surface area contributed by atoms with E-state index in [9.17, 15) is 0 Å². The van der Waals surface area contributed by atoms with Gasteiger partial charge in [0.2, 0.25) is 0 Å². The van der Waals surface area contributed by atoms with E-state index in [1.54, 1.807) is 6.08 Å². The molecule has 0 heterocycles. The molecule has 0 spiro atoms. The Morgan fingerprint density at radius 2 is 2.30 bits per heavy atom. The summed E-state index contributed by atoms with van der Waals surface area (Å²) in [5, 5.41) is 8.43. The lowest BCUT2D eigenvalue weighted by molar-refractivity contribution is 0.0135. The molecule has 0 aromatic carbocycles. The molecule has 0 aromatic rings. The fourth-order valence-electron chi connectivity index (χ4n) is 0.389. The van der Waals surface area contributed by atoms with Crippen LogP contribution in [0.2, 0.25) is 0 Å². The van der Waals surface area contributed by atoms with Gasteiger partial charge in [-0.2, -0.15) is 0 Å². The number of hydroxylamine groups is 1. The molecule has 0 unspecified atom stereocenters. The third-order valence-corrected chi connectivity index (χ3v) is 0.853. The molecular formula is C7H15NO2. The molecule has 0 saturated heterocycles. The van der Waals surface area contributed by atoms with E-state index in [1.165, 1.54) is 0 Å². The standard InChI is InChI=1S/C7H15NO2/c1-6(2)10-8-7(3)4-5-9/h4,6,8-9H,5H2,1-3H3. The highest BCUT2D eigenvalue weighted by molar-refractivity contribution is 4.91. The van der Waals surface area contributed by atoms with Crippen molar-refractivity contribution < 1.29 is 9.94 Å². The van der Waals surface area contributed by atoms with E-state index in [0.717, 1.165) is 5.70 Å². The van der Waals surface area contributed by atoms with Gasteiger partial charge in [-0.3, -0.25) is 10.3 Å². The van der Waals surface area contributed by atoms with Crippen molar-refractivity contribution in [3.8, 4) is 0 Å². The molecule has 0 fully saturated rings. The molecule has 10 heavy (non-hydrogen) atoms. The SMILES string of the molecule is CC(=CCO)NOC(C)C. The summed E-state index contributed by atoms with van der Waals surface area (Å²) in [7, 11) is 0. The van der Waals surface area contributed by atoms with Gasteiger partial charge in [0.15, 0.2) is 0 Å². The van der Waals surface area contributed by atoms with Crippen LogP contribution in [0.4, 0.5) is 0 Å². The van der Waals surface area contributed by atoms with Crippen molar-refractivity contribution in [1.82, 2.24) is 5.48 Å². The van der Waals surface area contributed by atoms with Gasteiger partial charge in [0.05, 0.1) is 12.7 Å². The Labute approximate surface area is 61.7 Å². The van der Waals surface area contributed by atoms with Crippen LogP contribution in [0.25, 0.3) is 0 Å². The monoisotopic (exact) mass is 145 g/mol. The molecule has 2 N–H and O–H groups in total. The van der Waals surface area contributed by atoms with E-state index >= 15 is 0 Å². The van der Waals surface area contributed by atoms with Crippen molar-refractivity contribution in [3.05, 3.63) is 11.8 Å². The van der Waals surface area contributed by atoms with Crippen LogP contribution in [0.3, 0.4) is 0 Å². The van der Waals surface area contributed by atoms with Gasteiger partial charge in [-0.15, -0.1) is 0 Å². The number of hydrogen-bond donors (Lipinski definition) is 2. The third kappa shape index (κ3) is 5.59. The fraction of sp³-hybridized carbons (Fsp3) is 0.714. The van der Waals surface area contributed by atoms with Gasteiger partial charge in [-0.25, -0.2) is 0 Å². The molecule has 0 aliphatic rings. The maximum atomic E-state index is 8.43. The largest absolute Gasteiger partial charge is 0.392 e. The number of hydrogen-bond acceptors (Lipinski definition) is 3. The zero-order valence-electron chi connectivity index (χ0n) is 6.72. The lowest BCUT2D eigenvalue weighted by Crippen LogP contribution is -2.17. The van der Waals surface area contributed by atoms with Gasteiger partial charge < -0.3 is 5.11 Å². The predicted octanol–water partition coefficient (Wildman–Crippen LogP) is 0.812. The summed E-state index contributed by atoms with van der Waals surface area (Å²) in [5.41, 5.74) is 3.51. The molecule has 0 saturated carbocycles. The Kier molecular flexibility index (Phi) is 4.98. The van der Waals surface area contributed by atoms with Crippen LogP contribution < -0.4 is 5.48 Å². The van der Waals surface area contributed by atoms with Gasteiger partial charge in [0, 0.05) is 5.70 Å². The Bertz CT molecular complexity index is 110. The van der Waals surface area contributed by atoms with Crippen molar-refractivity contribution in [1.29, 1.82) is 0 Å². The van der Waals surface area contributed by atoms with Gasteiger partial charge in [-0.05, 0) is 26.8 Å².